The smallest absolute Gasteiger partial charge is 0.130 e. The minimum Gasteiger partial charge on any atom is -0.397 e. The Morgan fingerprint density at radius 2 is 1.94 bits per heavy atom. The Morgan fingerprint density at radius 3 is 2.78 bits per heavy atom. The van der Waals surface area contributed by atoms with E-state index in [1.807, 2.05) is 12.1 Å². The minimum absolute atomic E-state index is 0.690. The van der Waals surface area contributed by atoms with Crippen LogP contribution >= 0.6 is 0 Å². The third kappa shape index (κ3) is 2.16. The topological polar surface area (TPSA) is 50.9 Å². The average molecular weight is 239 g/mol. The summed E-state index contributed by atoms with van der Waals surface area (Å²) in [5.41, 5.74) is 10.4. The molecule has 0 aliphatic heterocycles. The molecule has 0 atom stereocenters. The van der Waals surface area contributed by atoms with E-state index in [1.54, 1.807) is 6.20 Å². The molecule has 0 bridgehead atoms. The Bertz CT molecular complexity index is 546. The molecule has 0 fully saturated rings. The first-order valence-electron chi connectivity index (χ1n) is 6.42. The highest BCUT2D eigenvalue weighted by molar-refractivity contribution is 5.63. The number of nitrogens with one attached hydrogen (secondary N) is 1. The number of aryl methyl sites for hydroxylation is 1. The highest BCUT2D eigenvalue weighted by Gasteiger charge is 2.12. The fourth-order valence-corrected chi connectivity index (χ4v) is 2.52. The lowest BCUT2D eigenvalue weighted by Crippen LogP contribution is -2.06. The maximum absolute atomic E-state index is 5.64. The summed E-state index contributed by atoms with van der Waals surface area (Å²) < 4.78 is 0. The van der Waals surface area contributed by atoms with E-state index in [2.05, 4.69) is 28.5 Å². The van der Waals surface area contributed by atoms with Crippen molar-refractivity contribution in [3.8, 4) is 0 Å². The van der Waals surface area contributed by atoms with Gasteiger partial charge in [-0.15, -0.1) is 0 Å². The van der Waals surface area contributed by atoms with E-state index >= 15 is 0 Å². The minimum atomic E-state index is 0.690. The fraction of sp³-hybridized carbons (Fsp3) is 0.267. The average Bonchev–Trinajstić information content (AvgIpc) is 2.42. The van der Waals surface area contributed by atoms with Crippen molar-refractivity contribution in [1.82, 2.24) is 4.98 Å². The second kappa shape index (κ2) is 4.69. The summed E-state index contributed by atoms with van der Waals surface area (Å²) in [6.07, 6.45) is 6.61. The molecule has 3 heteroatoms. The van der Waals surface area contributed by atoms with Gasteiger partial charge < -0.3 is 11.1 Å². The maximum Gasteiger partial charge on any atom is 0.130 e. The molecule has 92 valence electrons. The van der Waals surface area contributed by atoms with Gasteiger partial charge in [0.15, 0.2) is 0 Å². The molecule has 3 rings (SSSR count). The lowest BCUT2D eigenvalue weighted by Gasteiger charge is -2.19. The van der Waals surface area contributed by atoms with Gasteiger partial charge in [-0.1, -0.05) is 12.1 Å². The Balaban J connectivity index is 1.90. The second-order valence-electron chi connectivity index (χ2n) is 4.75. The zero-order valence-electron chi connectivity index (χ0n) is 10.3. The molecule has 1 aromatic heterocycles. The van der Waals surface area contributed by atoms with Crippen molar-refractivity contribution in [3.05, 3.63) is 47.7 Å². The van der Waals surface area contributed by atoms with Crippen LogP contribution in [0.5, 0.6) is 0 Å². The number of pyridine rings is 1. The van der Waals surface area contributed by atoms with Gasteiger partial charge >= 0.3 is 0 Å². The number of hydrogen-bond acceptors (Lipinski definition) is 3. The van der Waals surface area contributed by atoms with Crippen LogP contribution in [0.3, 0.4) is 0 Å². The molecule has 1 heterocycles. The lowest BCUT2D eigenvalue weighted by molar-refractivity contribution is 0.687. The summed E-state index contributed by atoms with van der Waals surface area (Å²) >= 11 is 0. The van der Waals surface area contributed by atoms with Crippen molar-refractivity contribution in [2.24, 2.45) is 0 Å². The third-order valence-corrected chi connectivity index (χ3v) is 3.45. The van der Waals surface area contributed by atoms with E-state index in [1.165, 1.54) is 36.1 Å². The van der Waals surface area contributed by atoms with Crippen LogP contribution in [0.15, 0.2) is 36.5 Å². The molecule has 0 saturated heterocycles. The molecule has 0 unspecified atom stereocenters. The standard InChI is InChI=1S/C15H17N3/c16-12-8-9-15(17-10-12)18-14-7-3-5-11-4-1-2-6-13(11)14/h3,5,7-10H,1-2,4,6,16H2,(H,17,18). The first-order chi connectivity index (χ1) is 8.83. The molecule has 0 amide bonds. The number of aromatic nitrogens is 1. The van der Waals surface area contributed by atoms with Gasteiger partial charge in [0.05, 0.1) is 11.9 Å². The first kappa shape index (κ1) is 11.1. The van der Waals surface area contributed by atoms with Crippen molar-refractivity contribution in [1.29, 1.82) is 0 Å². The predicted octanol–water partition coefficient (Wildman–Crippen LogP) is 3.29. The zero-order valence-corrected chi connectivity index (χ0v) is 10.3. The predicted molar refractivity (Wildman–Crippen MR) is 75.0 cm³/mol. The molecule has 1 aliphatic rings. The maximum atomic E-state index is 5.64. The molecule has 18 heavy (non-hydrogen) atoms. The van der Waals surface area contributed by atoms with Gasteiger partial charge in [-0.2, -0.15) is 0 Å². The summed E-state index contributed by atoms with van der Waals surface area (Å²) in [5.74, 6) is 0.850. The third-order valence-electron chi connectivity index (χ3n) is 3.45. The van der Waals surface area contributed by atoms with Crippen molar-refractivity contribution in [2.45, 2.75) is 25.7 Å². The Morgan fingerprint density at radius 1 is 1.06 bits per heavy atom. The van der Waals surface area contributed by atoms with E-state index in [0.29, 0.717) is 5.69 Å². The number of nitrogen functional groups attached to an aromatic ring is 1. The van der Waals surface area contributed by atoms with Gasteiger partial charge in [0.2, 0.25) is 0 Å². The van der Waals surface area contributed by atoms with Crippen LogP contribution in [0.2, 0.25) is 0 Å². The van der Waals surface area contributed by atoms with Gasteiger partial charge in [-0.3, -0.25) is 0 Å². The zero-order chi connectivity index (χ0) is 12.4. The summed E-state index contributed by atoms with van der Waals surface area (Å²) in [6.45, 7) is 0. The Labute approximate surface area is 107 Å². The molecule has 1 aliphatic carbocycles. The molecule has 0 spiro atoms. The number of nitrogens with two attached hydrogens (primary N) is 1. The number of fused-ring (bicyclic) bond motifs is 1. The molecular weight excluding hydrogens is 222 g/mol. The SMILES string of the molecule is Nc1ccc(Nc2cccc3c2CCCC3)nc1. The van der Waals surface area contributed by atoms with Crippen molar-refractivity contribution in [2.75, 3.05) is 11.1 Å². The number of nitrogens with zero attached hydrogens (tertiary/aromatic N) is 1. The normalized spacial score (nSPS) is 14.0. The van der Waals surface area contributed by atoms with Crippen LogP contribution in [-0.2, 0) is 12.8 Å². The van der Waals surface area contributed by atoms with Gasteiger partial charge in [-0.05, 0) is 55.0 Å². The Kier molecular flexibility index (Phi) is 2.89. The molecular formula is C15H17N3. The molecule has 0 saturated carbocycles. The van der Waals surface area contributed by atoms with Gasteiger partial charge in [0.1, 0.15) is 5.82 Å². The van der Waals surface area contributed by atoms with E-state index in [4.69, 9.17) is 5.73 Å². The molecule has 2 aromatic rings. The van der Waals surface area contributed by atoms with Crippen LogP contribution in [0.4, 0.5) is 17.2 Å². The van der Waals surface area contributed by atoms with E-state index in [9.17, 15) is 0 Å². The lowest BCUT2D eigenvalue weighted by atomic mass is 9.90. The molecule has 1 aromatic carbocycles. The molecule has 0 radical (unpaired) electrons. The van der Waals surface area contributed by atoms with Crippen LogP contribution in [0.1, 0.15) is 24.0 Å². The molecule has 3 N–H and O–H groups in total. The monoisotopic (exact) mass is 239 g/mol. The quantitative estimate of drug-likeness (QED) is 0.845. The van der Waals surface area contributed by atoms with Crippen molar-refractivity contribution < 1.29 is 0 Å². The number of rotatable bonds is 2. The highest BCUT2D eigenvalue weighted by atomic mass is 15.0. The first-order valence-corrected chi connectivity index (χ1v) is 6.42. The van der Waals surface area contributed by atoms with Gasteiger partial charge in [0, 0.05) is 5.69 Å². The highest BCUT2D eigenvalue weighted by Crippen LogP contribution is 2.29. The van der Waals surface area contributed by atoms with Crippen LogP contribution in [0.25, 0.3) is 0 Å². The van der Waals surface area contributed by atoms with E-state index in [0.717, 1.165) is 12.2 Å². The Hall–Kier alpha value is -2.03. The van der Waals surface area contributed by atoms with E-state index in [-0.39, 0.29) is 0 Å². The summed E-state index contributed by atoms with van der Waals surface area (Å²) in [5, 5.41) is 3.39. The van der Waals surface area contributed by atoms with Crippen molar-refractivity contribution >= 4 is 17.2 Å². The van der Waals surface area contributed by atoms with Gasteiger partial charge in [0.25, 0.3) is 0 Å². The van der Waals surface area contributed by atoms with E-state index < -0.39 is 0 Å². The van der Waals surface area contributed by atoms with Crippen LogP contribution in [0, 0.1) is 0 Å². The number of hydrogen-bond donors (Lipinski definition) is 2. The number of anilines is 3. The molecule has 3 nitrogen and oxygen atoms in total. The fourth-order valence-electron chi connectivity index (χ4n) is 2.52. The van der Waals surface area contributed by atoms with Gasteiger partial charge in [-0.25, -0.2) is 4.98 Å². The summed E-state index contributed by atoms with van der Waals surface area (Å²) in [4.78, 5) is 4.29. The number of benzene rings is 1. The van der Waals surface area contributed by atoms with Crippen LogP contribution < -0.4 is 11.1 Å². The largest absolute Gasteiger partial charge is 0.397 e. The second-order valence-corrected chi connectivity index (χ2v) is 4.75. The summed E-state index contributed by atoms with van der Waals surface area (Å²) in [6, 6.07) is 10.3. The summed E-state index contributed by atoms with van der Waals surface area (Å²) in [7, 11) is 0. The van der Waals surface area contributed by atoms with Crippen LogP contribution in [-0.4, -0.2) is 4.98 Å². The van der Waals surface area contributed by atoms with Crippen molar-refractivity contribution in [3.63, 3.8) is 0 Å².